The molecule has 0 bridgehead atoms. The molecule has 0 heterocycles. The number of nitro groups is 1. The third-order valence-corrected chi connectivity index (χ3v) is 3.74. The molecule has 8 nitrogen and oxygen atoms in total. The molecule has 2 aromatic rings. The van der Waals surface area contributed by atoms with Crippen molar-refractivity contribution in [3.8, 4) is 5.75 Å². The van der Waals surface area contributed by atoms with Crippen LogP contribution in [0.1, 0.15) is 17.3 Å². The Morgan fingerprint density at radius 1 is 1.17 bits per heavy atom. The van der Waals surface area contributed by atoms with Gasteiger partial charge in [0.1, 0.15) is 11.4 Å². The average molecular weight is 411 g/mol. The first kappa shape index (κ1) is 21.7. The van der Waals surface area contributed by atoms with E-state index in [9.17, 15) is 32.9 Å². The van der Waals surface area contributed by atoms with Crippen LogP contribution >= 0.6 is 0 Å². The molecule has 0 radical (unpaired) electrons. The maximum atomic E-state index is 12.2. The Bertz CT molecular complexity index is 929. The van der Waals surface area contributed by atoms with E-state index in [1.54, 1.807) is 0 Å². The molecular formula is C18H16F3N3O5. The zero-order valence-electron chi connectivity index (χ0n) is 15.3. The number of carbonyl (C=O) groups excluding carboxylic acids is 2. The van der Waals surface area contributed by atoms with Crippen molar-refractivity contribution in [1.29, 1.82) is 0 Å². The minimum atomic E-state index is -4.82. The minimum Gasteiger partial charge on any atom is -0.406 e. The topological polar surface area (TPSA) is 102 Å². The number of amides is 1. The first-order chi connectivity index (χ1) is 13.5. The van der Waals surface area contributed by atoms with Gasteiger partial charge in [-0.2, -0.15) is 0 Å². The maximum Gasteiger partial charge on any atom is 0.573 e. The van der Waals surface area contributed by atoms with Gasteiger partial charge >= 0.3 is 6.36 Å². The Hall–Kier alpha value is -3.63. The number of Topliss-reactive ketones (excluding diaryl/α,β-unsaturated/α-hetero) is 1. The number of alkyl halides is 3. The Morgan fingerprint density at radius 2 is 1.79 bits per heavy atom. The van der Waals surface area contributed by atoms with Gasteiger partial charge in [0, 0.05) is 24.4 Å². The number of hydrogen-bond acceptors (Lipinski definition) is 6. The number of anilines is 2. The van der Waals surface area contributed by atoms with Gasteiger partial charge in [-0.25, -0.2) is 0 Å². The second-order valence-electron chi connectivity index (χ2n) is 5.99. The number of nitrogens with one attached hydrogen (secondary N) is 1. The SMILES string of the molecule is CC(=O)c1ccc(N(C)CC(=O)Nc2ccc(OC(F)(F)F)cc2)c([N+](=O)[O-])c1. The van der Waals surface area contributed by atoms with E-state index >= 15 is 0 Å². The molecule has 0 aromatic heterocycles. The third kappa shape index (κ3) is 6.19. The van der Waals surface area contributed by atoms with Crippen molar-refractivity contribution >= 4 is 28.8 Å². The van der Waals surface area contributed by atoms with Crippen LogP contribution < -0.4 is 15.0 Å². The number of carbonyl (C=O) groups is 2. The fourth-order valence-corrected chi connectivity index (χ4v) is 2.45. The smallest absolute Gasteiger partial charge is 0.406 e. The van der Waals surface area contributed by atoms with Crippen molar-refractivity contribution < 1.29 is 32.4 Å². The van der Waals surface area contributed by atoms with Gasteiger partial charge in [0.05, 0.1) is 11.5 Å². The van der Waals surface area contributed by atoms with Crippen molar-refractivity contribution in [2.45, 2.75) is 13.3 Å². The van der Waals surface area contributed by atoms with Crippen molar-refractivity contribution in [1.82, 2.24) is 0 Å². The predicted molar refractivity (Wildman–Crippen MR) is 98.1 cm³/mol. The predicted octanol–water partition coefficient (Wildman–Crippen LogP) is 3.77. The third-order valence-electron chi connectivity index (χ3n) is 3.74. The van der Waals surface area contributed by atoms with Gasteiger partial charge < -0.3 is 15.0 Å². The van der Waals surface area contributed by atoms with E-state index in [4.69, 9.17) is 0 Å². The Balaban J connectivity index is 2.07. The summed E-state index contributed by atoms with van der Waals surface area (Å²) in [5.74, 6) is -1.33. The van der Waals surface area contributed by atoms with E-state index in [2.05, 4.69) is 10.1 Å². The molecule has 2 rings (SSSR count). The normalized spacial score (nSPS) is 10.9. The Labute approximate surface area is 163 Å². The molecule has 0 fully saturated rings. The summed E-state index contributed by atoms with van der Waals surface area (Å²) in [5, 5.41) is 13.8. The van der Waals surface area contributed by atoms with Crippen LogP contribution in [0.5, 0.6) is 5.75 Å². The second kappa shape index (κ2) is 8.59. The number of benzene rings is 2. The number of nitro benzene ring substituents is 1. The van der Waals surface area contributed by atoms with Crippen LogP contribution in [0.2, 0.25) is 0 Å². The van der Waals surface area contributed by atoms with Gasteiger partial charge in [0.15, 0.2) is 5.78 Å². The van der Waals surface area contributed by atoms with Crippen LogP contribution in [-0.2, 0) is 4.79 Å². The Kier molecular flexibility index (Phi) is 6.42. The summed E-state index contributed by atoms with van der Waals surface area (Å²) in [4.78, 5) is 35.5. The van der Waals surface area contributed by atoms with E-state index in [0.29, 0.717) is 0 Å². The molecule has 2 aromatic carbocycles. The molecule has 11 heteroatoms. The van der Waals surface area contributed by atoms with Crippen LogP contribution in [0.25, 0.3) is 0 Å². The summed E-state index contributed by atoms with van der Waals surface area (Å²) in [6.07, 6.45) is -4.82. The molecular weight excluding hydrogens is 395 g/mol. The van der Waals surface area contributed by atoms with Crippen LogP contribution in [0.4, 0.5) is 30.2 Å². The monoisotopic (exact) mass is 411 g/mol. The standard InChI is InChI=1S/C18H16F3N3O5/c1-11(25)12-3-8-15(16(9-12)24(27)28)23(2)10-17(26)22-13-4-6-14(7-5-13)29-18(19,20)21/h3-9H,10H2,1-2H3,(H,22,26). The number of ether oxygens (including phenoxy) is 1. The van der Waals surface area contributed by atoms with Crippen LogP contribution in [-0.4, -0.2) is 36.6 Å². The summed E-state index contributed by atoms with van der Waals surface area (Å²) in [6.45, 7) is 1.00. The first-order valence-corrected chi connectivity index (χ1v) is 8.12. The maximum absolute atomic E-state index is 12.2. The van der Waals surface area contributed by atoms with E-state index in [1.165, 1.54) is 43.1 Å². The van der Waals surface area contributed by atoms with Gasteiger partial charge in [-0.3, -0.25) is 19.7 Å². The molecule has 0 aliphatic carbocycles. The summed E-state index contributed by atoms with van der Waals surface area (Å²) < 4.78 is 40.2. The largest absolute Gasteiger partial charge is 0.573 e. The van der Waals surface area contributed by atoms with Gasteiger partial charge in [-0.1, -0.05) is 0 Å². The van der Waals surface area contributed by atoms with Crippen molar-refractivity contribution in [2.75, 3.05) is 23.8 Å². The number of likely N-dealkylation sites (N-methyl/N-ethyl adjacent to an activating group) is 1. The lowest BCUT2D eigenvalue weighted by Crippen LogP contribution is -2.30. The molecule has 0 saturated heterocycles. The average Bonchev–Trinajstić information content (AvgIpc) is 2.61. The molecule has 0 unspecified atom stereocenters. The molecule has 154 valence electrons. The number of rotatable bonds is 7. The Morgan fingerprint density at radius 3 is 2.31 bits per heavy atom. The fourth-order valence-electron chi connectivity index (χ4n) is 2.45. The lowest BCUT2D eigenvalue weighted by molar-refractivity contribution is -0.384. The lowest BCUT2D eigenvalue weighted by atomic mass is 10.1. The van der Waals surface area contributed by atoms with Gasteiger partial charge in [-0.05, 0) is 43.3 Å². The molecule has 0 spiro atoms. The molecule has 1 amide bonds. The summed E-state index contributed by atoms with van der Waals surface area (Å²) >= 11 is 0. The zero-order chi connectivity index (χ0) is 21.8. The molecule has 0 atom stereocenters. The highest BCUT2D eigenvalue weighted by molar-refractivity contribution is 5.97. The van der Waals surface area contributed by atoms with E-state index < -0.39 is 22.9 Å². The van der Waals surface area contributed by atoms with Crippen LogP contribution in [0.15, 0.2) is 42.5 Å². The van der Waals surface area contributed by atoms with Gasteiger partial charge in [0.2, 0.25) is 5.91 Å². The highest BCUT2D eigenvalue weighted by Crippen LogP contribution is 2.29. The van der Waals surface area contributed by atoms with Crippen molar-refractivity contribution in [2.24, 2.45) is 0 Å². The molecule has 0 saturated carbocycles. The highest BCUT2D eigenvalue weighted by Gasteiger charge is 2.31. The lowest BCUT2D eigenvalue weighted by Gasteiger charge is -2.19. The summed E-state index contributed by atoms with van der Waals surface area (Å²) in [5.41, 5.74) is 0.185. The fraction of sp³-hybridized carbons (Fsp3) is 0.222. The summed E-state index contributed by atoms with van der Waals surface area (Å²) in [6, 6.07) is 8.44. The van der Waals surface area contributed by atoms with Crippen molar-refractivity contribution in [3.05, 3.63) is 58.1 Å². The van der Waals surface area contributed by atoms with Gasteiger partial charge in [0.25, 0.3) is 5.69 Å². The quantitative estimate of drug-likeness (QED) is 0.423. The van der Waals surface area contributed by atoms with E-state index in [0.717, 1.165) is 18.2 Å². The zero-order valence-corrected chi connectivity index (χ0v) is 15.3. The number of nitrogens with zero attached hydrogens (tertiary/aromatic N) is 2. The number of halogens is 3. The molecule has 0 aliphatic rings. The molecule has 1 N–H and O–H groups in total. The molecule has 29 heavy (non-hydrogen) atoms. The highest BCUT2D eigenvalue weighted by atomic mass is 19.4. The van der Waals surface area contributed by atoms with Gasteiger partial charge in [-0.15, -0.1) is 13.2 Å². The first-order valence-electron chi connectivity index (χ1n) is 8.12. The minimum absolute atomic E-state index is 0.129. The van der Waals surface area contributed by atoms with Crippen LogP contribution in [0, 0.1) is 10.1 Å². The molecule has 0 aliphatic heterocycles. The second-order valence-corrected chi connectivity index (χ2v) is 5.99. The van der Waals surface area contributed by atoms with E-state index in [1.807, 2.05) is 0 Å². The van der Waals surface area contributed by atoms with Crippen LogP contribution in [0.3, 0.4) is 0 Å². The van der Waals surface area contributed by atoms with Crippen molar-refractivity contribution in [3.63, 3.8) is 0 Å². The van der Waals surface area contributed by atoms with E-state index in [-0.39, 0.29) is 35.0 Å². The number of ketones is 1. The number of hydrogen-bond donors (Lipinski definition) is 1. The summed E-state index contributed by atoms with van der Waals surface area (Å²) in [7, 11) is 1.45.